The molecule has 1 aromatic heterocycles. The fourth-order valence-corrected chi connectivity index (χ4v) is 4.07. The summed E-state index contributed by atoms with van der Waals surface area (Å²) in [6.07, 6.45) is 1.70. The highest BCUT2D eigenvalue weighted by Crippen LogP contribution is 2.39. The van der Waals surface area contributed by atoms with E-state index in [0.29, 0.717) is 23.5 Å². The molecule has 0 unspecified atom stereocenters. The van der Waals surface area contributed by atoms with E-state index in [2.05, 4.69) is 0 Å². The molecule has 180 valence electrons. The molecule has 0 radical (unpaired) electrons. The molecule has 2 heterocycles. The molecule has 10 heteroatoms. The number of amides is 1. The summed E-state index contributed by atoms with van der Waals surface area (Å²) in [5.74, 6) is -0.987. The lowest BCUT2D eigenvalue weighted by molar-refractivity contribution is -0.384. The molecule has 0 spiro atoms. The summed E-state index contributed by atoms with van der Waals surface area (Å²) in [4.78, 5) is 38.2. The molecule has 0 aliphatic carbocycles. The first-order valence-electron chi connectivity index (χ1n) is 10.6. The summed E-state index contributed by atoms with van der Waals surface area (Å²) in [5, 5.41) is 21.8. The molecule has 1 aliphatic rings. The highest BCUT2D eigenvalue weighted by atomic mass is 16.6. The topological polar surface area (TPSA) is 132 Å². The molecule has 4 rings (SSSR count). The number of furan rings is 1. The first-order valence-corrected chi connectivity index (χ1v) is 10.6. The maximum absolute atomic E-state index is 13.2. The van der Waals surface area contributed by atoms with Gasteiger partial charge >= 0.3 is 0 Å². The Hall–Kier alpha value is -4.60. The number of aliphatic hydroxyl groups excluding tert-OH is 1. The van der Waals surface area contributed by atoms with Crippen LogP contribution >= 0.6 is 0 Å². The van der Waals surface area contributed by atoms with Crippen molar-refractivity contribution in [1.82, 2.24) is 4.90 Å². The minimum Gasteiger partial charge on any atom is -0.503 e. The molecule has 1 atom stereocenters. The van der Waals surface area contributed by atoms with E-state index >= 15 is 0 Å². The van der Waals surface area contributed by atoms with Gasteiger partial charge in [-0.05, 0) is 53.9 Å². The Morgan fingerprint density at radius 3 is 2.43 bits per heavy atom. The molecule has 0 saturated heterocycles. The van der Waals surface area contributed by atoms with Gasteiger partial charge in [0.15, 0.2) is 23.0 Å². The van der Waals surface area contributed by atoms with Gasteiger partial charge in [-0.2, -0.15) is 0 Å². The zero-order valence-electron chi connectivity index (χ0n) is 19.0. The van der Waals surface area contributed by atoms with Gasteiger partial charge < -0.3 is 23.9 Å². The number of nitro groups is 1. The van der Waals surface area contributed by atoms with Gasteiger partial charge in [-0.25, -0.2) is 0 Å². The molecule has 0 saturated carbocycles. The van der Waals surface area contributed by atoms with Gasteiger partial charge in [-0.15, -0.1) is 0 Å². The van der Waals surface area contributed by atoms with Crippen molar-refractivity contribution in [3.05, 3.63) is 99.2 Å². The van der Waals surface area contributed by atoms with Crippen LogP contribution < -0.4 is 9.47 Å². The summed E-state index contributed by atoms with van der Waals surface area (Å²) >= 11 is 0. The zero-order chi connectivity index (χ0) is 25.1. The second kappa shape index (κ2) is 9.72. The number of hydrogen-bond donors (Lipinski definition) is 1. The number of carbonyl (C=O) groups excluding carboxylic acids is 2. The molecule has 1 aliphatic heterocycles. The van der Waals surface area contributed by atoms with Crippen molar-refractivity contribution in [2.24, 2.45) is 0 Å². The molecule has 0 fully saturated rings. The summed E-state index contributed by atoms with van der Waals surface area (Å²) in [7, 11) is 3.05. The molecule has 3 aromatic rings. The fourth-order valence-electron chi connectivity index (χ4n) is 4.07. The van der Waals surface area contributed by atoms with Crippen LogP contribution in [-0.2, 0) is 11.2 Å². The van der Waals surface area contributed by atoms with Gasteiger partial charge in [0.1, 0.15) is 0 Å². The molecule has 0 bridgehead atoms. The third-order valence-electron chi connectivity index (χ3n) is 5.80. The highest BCUT2D eigenvalue weighted by molar-refractivity contribution is 6.15. The van der Waals surface area contributed by atoms with E-state index in [-0.39, 0.29) is 23.6 Å². The SMILES string of the molecule is COc1ccc(CCN2C(=O)C(O)=C(C(=O)c3ccco3)[C@H]2c2ccc([N+](=O)[O-])cc2)cc1OC. The maximum atomic E-state index is 13.2. The Labute approximate surface area is 200 Å². The third kappa shape index (κ3) is 4.45. The number of methoxy groups -OCH3 is 2. The van der Waals surface area contributed by atoms with Crippen molar-refractivity contribution in [1.29, 1.82) is 0 Å². The predicted molar refractivity (Wildman–Crippen MR) is 123 cm³/mol. The van der Waals surface area contributed by atoms with Gasteiger partial charge in [0, 0.05) is 18.7 Å². The van der Waals surface area contributed by atoms with Crippen LogP contribution in [-0.4, -0.2) is 47.4 Å². The minimum atomic E-state index is -0.957. The average molecular weight is 478 g/mol. The van der Waals surface area contributed by atoms with Crippen molar-refractivity contribution in [2.75, 3.05) is 20.8 Å². The maximum Gasteiger partial charge on any atom is 0.290 e. The van der Waals surface area contributed by atoms with Gasteiger partial charge in [-0.1, -0.05) is 6.07 Å². The third-order valence-corrected chi connectivity index (χ3v) is 5.80. The monoisotopic (exact) mass is 478 g/mol. The lowest BCUT2D eigenvalue weighted by Gasteiger charge is -2.26. The lowest BCUT2D eigenvalue weighted by atomic mass is 9.94. The predicted octanol–water partition coefficient (Wildman–Crippen LogP) is 4.03. The summed E-state index contributed by atoms with van der Waals surface area (Å²) in [6, 6.07) is 12.9. The van der Waals surface area contributed by atoms with E-state index in [9.17, 15) is 24.8 Å². The lowest BCUT2D eigenvalue weighted by Crippen LogP contribution is -2.33. The Balaban J connectivity index is 1.69. The quantitative estimate of drug-likeness (QED) is 0.277. The Kier molecular flexibility index (Phi) is 6.54. The summed E-state index contributed by atoms with van der Waals surface area (Å²) < 4.78 is 15.8. The van der Waals surface area contributed by atoms with Crippen molar-refractivity contribution in [2.45, 2.75) is 12.5 Å². The van der Waals surface area contributed by atoms with Crippen LogP contribution in [0.25, 0.3) is 0 Å². The number of nitrogens with zero attached hydrogens (tertiary/aromatic N) is 2. The molecule has 1 amide bonds. The van der Waals surface area contributed by atoms with Crippen LogP contribution in [0.2, 0.25) is 0 Å². The van der Waals surface area contributed by atoms with Crippen molar-refractivity contribution in [3.8, 4) is 11.5 Å². The van der Waals surface area contributed by atoms with Crippen LogP contribution in [0.5, 0.6) is 11.5 Å². The number of carbonyl (C=O) groups is 2. The average Bonchev–Trinajstić information content (AvgIpc) is 3.50. The van der Waals surface area contributed by atoms with E-state index in [0.717, 1.165) is 5.56 Å². The van der Waals surface area contributed by atoms with Crippen molar-refractivity contribution in [3.63, 3.8) is 0 Å². The fraction of sp³-hybridized carbons (Fsp3) is 0.200. The number of aliphatic hydroxyl groups is 1. The van der Waals surface area contributed by atoms with Gasteiger partial charge in [0.2, 0.25) is 5.78 Å². The van der Waals surface area contributed by atoms with E-state index in [1.54, 1.807) is 12.1 Å². The first-order chi connectivity index (χ1) is 16.8. The molecule has 1 N–H and O–H groups in total. The number of hydrogen-bond acceptors (Lipinski definition) is 8. The number of ketones is 1. The van der Waals surface area contributed by atoms with E-state index in [1.807, 2.05) is 6.07 Å². The minimum absolute atomic E-state index is 0.0343. The van der Waals surface area contributed by atoms with Crippen LogP contribution in [0.4, 0.5) is 5.69 Å². The molecule has 2 aromatic carbocycles. The Bertz CT molecular complexity index is 1300. The second-order valence-corrected chi connectivity index (χ2v) is 7.76. The van der Waals surface area contributed by atoms with Crippen LogP contribution in [0.3, 0.4) is 0 Å². The largest absolute Gasteiger partial charge is 0.503 e. The van der Waals surface area contributed by atoms with Gasteiger partial charge in [-0.3, -0.25) is 19.7 Å². The zero-order valence-corrected chi connectivity index (χ0v) is 19.0. The number of rotatable bonds is 9. The van der Waals surface area contributed by atoms with E-state index in [1.165, 1.54) is 61.8 Å². The first kappa shape index (κ1) is 23.6. The molecular formula is C25H22N2O8. The molecule has 35 heavy (non-hydrogen) atoms. The normalized spacial score (nSPS) is 15.4. The number of benzene rings is 2. The number of ether oxygens (including phenoxy) is 2. The van der Waals surface area contributed by atoms with Crippen LogP contribution in [0.15, 0.2) is 76.6 Å². The summed E-state index contributed by atoms with van der Waals surface area (Å²) in [5.41, 5.74) is 0.992. The standard InChI is InChI=1S/C25H22N2O8/c1-33-18-10-5-15(14-20(18)34-2)11-12-26-22(16-6-8-17(9-7-16)27(31)32)21(24(29)25(26)30)23(28)19-4-3-13-35-19/h3-10,13-14,22,29H,11-12H2,1-2H3/t22-/m1/s1. The van der Waals surface area contributed by atoms with Crippen molar-refractivity contribution >= 4 is 17.4 Å². The van der Waals surface area contributed by atoms with E-state index < -0.39 is 28.4 Å². The highest BCUT2D eigenvalue weighted by Gasteiger charge is 2.44. The Morgan fingerprint density at radius 1 is 1.11 bits per heavy atom. The molecular weight excluding hydrogens is 456 g/mol. The van der Waals surface area contributed by atoms with Crippen LogP contribution in [0.1, 0.15) is 27.7 Å². The van der Waals surface area contributed by atoms with Gasteiger partial charge in [0.25, 0.3) is 11.6 Å². The van der Waals surface area contributed by atoms with Crippen LogP contribution in [0, 0.1) is 10.1 Å². The van der Waals surface area contributed by atoms with Crippen molar-refractivity contribution < 1.29 is 33.5 Å². The Morgan fingerprint density at radius 2 is 1.83 bits per heavy atom. The summed E-state index contributed by atoms with van der Waals surface area (Å²) in [6.45, 7) is 0.148. The smallest absolute Gasteiger partial charge is 0.290 e. The van der Waals surface area contributed by atoms with Gasteiger partial charge in [0.05, 0.1) is 37.0 Å². The molecule has 10 nitrogen and oxygen atoms in total. The second-order valence-electron chi connectivity index (χ2n) is 7.76. The van der Waals surface area contributed by atoms with E-state index in [4.69, 9.17) is 13.9 Å². The number of non-ortho nitro benzene ring substituents is 1. The number of nitro benzene ring substituents is 1. The number of Topliss-reactive ketones (excluding diaryl/α,β-unsaturated/α-hetero) is 1.